The Balaban J connectivity index is 1.54. The van der Waals surface area contributed by atoms with Gasteiger partial charge < -0.3 is 19.3 Å². The first-order valence-corrected chi connectivity index (χ1v) is 9.68. The number of ether oxygens (including phenoxy) is 3. The molecule has 29 heavy (non-hydrogen) atoms. The van der Waals surface area contributed by atoms with Crippen LogP contribution in [0.3, 0.4) is 0 Å². The molecule has 1 aliphatic rings. The van der Waals surface area contributed by atoms with E-state index in [1.807, 2.05) is 66.7 Å². The van der Waals surface area contributed by atoms with Gasteiger partial charge in [0.25, 0.3) is 0 Å². The molecule has 1 atom stereocenters. The zero-order valence-corrected chi connectivity index (χ0v) is 16.5. The molecule has 150 valence electrons. The van der Waals surface area contributed by atoms with Crippen molar-refractivity contribution in [3.05, 3.63) is 89.5 Å². The van der Waals surface area contributed by atoms with Gasteiger partial charge in [-0.05, 0) is 41.0 Å². The third-order valence-electron chi connectivity index (χ3n) is 5.00. The average Bonchev–Trinajstić information content (AvgIpc) is 3.22. The van der Waals surface area contributed by atoms with Crippen molar-refractivity contribution in [3.63, 3.8) is 0 Å². The van der Waals surface area contributed by atoms with E-state index in [0.717, 1.165) is 33.9 Å². The standard InChI is InChI=1S/C24H25NO4/c1-27-21-9-5-6-18(12-21)14-25(16-22(26)20-7-3-2-4-8-20)15-19-10-11-23-24(13-19)29-17-28-23/h2-13,22,26H,14-17H2,1H3/t22-/m1/s1. The number of aliphatic hydroxyl groups is 1. The van der Waals surface area contributed by atoms with Crippen molar-refractivity contribution in [2.75, 3.05) is 20.4 Å². The van der Waals surface area contributed by atoms with Crippen molar-refractivity contribution in [2.45, 2.75) is 19.2 Å². The zero-order valence-electron chi connectivity index (χ0n) is 16.5. The Morgan fingerprint density at radius 1 is 0.897 bits per heavy atom. The summed E-state index contributed by atoms with van der Waals surface area (Å²) in [5.74, 6) is 2.37. The summed E-state index contributed by atoms with van der Waals surface area (Å²) in [5.41, 5.74) is 3.15. The molecule has 0 unspecified atom stereocenters. The van der Waals surface area contributed by atoms with E-state index in [2.05, 4.69) is 11.0 Å². The summed E-state index contributed by atoms with van der Waals surface area (Å²) >= 11 is 0. The summed E-state index contributed by atoms with van der Waals surface area (Å²) in [6.45, 7) is 2.14. The normalized spacial score (nSPS) is 13.5. The van der Waals surface area contributed by atoms with Gasteiger partial charge in [-0.25, -0.2) is 0 Å². The number of aliphatic hydroxyl groups excluding tert-OH is 1. The van der Waals surface area contributed by atoms with Gasteiger partial charge in [-0.3, -0.25) is 4.90 Å². The molecule has 0 radical (unpaired) electrons. The molecular formula is C24H25NO4. The summed E-state index contributed by atoms with van der Waals surface area (Å²) in [6.07, 6.45) is -0.573. The van der Waals surface area contributed by atoms with Crippen LogP contribution in [0, 0.1) is 0 Å². The van der Waals surface area contributed by atoms with Crippen molar-refractivity contribution < 1.29 is 19.3 Å². The Kier molecular flexibility index (Phi) is 5.98. The molecule has 0 saturated carbocycles. The molecule has 1 aliphatic heterocycles. The summed E-state index contributed by atoms with van der Waals surface area (Å²) in [7, 11) is 1.67. The van der Waals surface area contributed by atoms with Crippen molar-refractivity contribution >= 4 is 0 Å². The van der Waals surface area contributed by atoms with Gasteiger partial charge >= 0.3 is 0 Å². The van der Waals surface area contributed by atoms with E-state index in [-0.39, 0.29) is 6.79 Å². The maximum absolute atomic E-state index is 10.8. The number of methoxy groups -OCH3 is 1. The first kappa shape index (κ1) is 19.3. The second kappa shape index (κ2) is 8.99. The molecule has 0 aliphatic carbocycles. The Bertz CT molecular complexity index is 945. The van der Waals surface area contributed by atoms with Crippen molar-refractivity contribution in [2.24, 2.45) is 0 Å². The monoisotopic (exact) mass is 391 g/mol. The van der Waals surface area contributed by atoms with Gasteiger partial charge in [0.05, 0.1) is 13.2 Å². The fourth-order valence-electron chi connectivity index (χ4n) is 3.54. The van der Waals surface area contributed by atoms with Crippen LogP contribution >= 0.6 is 0 Å². The lowest BCUT2D eigenvalue weighted by Crippen LogP contribution is -2.28. The highest BCUT2D eigenvalue weighted by atomic mass is 16.7. The lowest BCUT2D eigenvalue weighted by molar-refractivity contribution is 0.105. The number of nitrogens with zero attached hydrogens (tertiary/aromatic N) is 1. The average molecular weight is 391 g/mol. The Labute approximate surface area is 171 Å². The van der Waals surface area contributed by atoms with Crippen LogP contribution in [0.4, 0.5) is 0 Å². The second-order valence-corrected chi connectivity index (χ2v) is 7.14. The fraction of sp³-hybridized carbons (Fsp3) is 0.250. The Morgan fingerprint density at radius 3 is 2.45 bits per heavy atom. The highest BCUT2D eigenvalue weighted by molar-refractivity contribution is 5.44. The molecule has 3 aromatic rings. The zero-order chi connectivity index (χ0) is 20.1. The van der Waals surface area contributed by atoms with Crippen LogP contribution in [-0.2, 0) is 13.1 Å². The minimum atomic E-state index is -0.573. The van der Waals surface area contributed by atoms with Gasteiger partial charge in [0.15, 0.2) is 11.5 Å². The van der Waals surface area contributed by atoms with Crippen LogP contribution in [0.1, 0.15) is 22.8 Å². The van der Waals surface area contributed by atoms with Gasteiger partial charge in [-0.2, -0.15) is 0 Å². The molecule has 0 fully saturated rings. The number of fused-ring (bicyclic) bond motifs is 1. The van der Waals surface area contributed by atoms with Gasteiger partial charge in [-0.15, -0.1) is 0 Å². The maximum Gasteiger partial charge on any atom is 0.231 e. The van der Waals surface area contributed by atoms with Gasteiger partial charge in [0, 0.05) is 19.6 Å². The van der Waals surface area contributed by atoms with E-state index in [1.165, 1.54) is 0 Å². The molecule has 0 bridgehead atoms. The summed E-state index contributed by atoms with van der Waals surface area (Å²) < 4.78 is 16.3. The molecule has 5 heteroatoms. The van der Waals surface area contributed by atoms with Crippen LogP contribution in [-0.4, -0.2) is 30.5 Å². The number of benzene rings is 3. The predicted octanol–water partition coefficient (Wildman–Crippen LogP) is 4.16. The molecule has 1 heterocycles. The summed E-state index contributed by atoms with van der Waals surface area (Å²) in [4.78, 5) is 2.23. The van der Waals surface area contributed by atoms with Crippen LogP contribution in [0.15, 0.2) is 72.8 Å². The highest BCUT2D eigenvalue weighted by Gasteiger charge is 2.18. The third-order valence-corrected chi connectivity index (χ3v) is 5.00. The molecule has 0 aromatic heterocycles. The molecule has 0 saturated heterocycles. The lowest BCUT2D eigenvalue weighted by Gasteiger charge is -2.26. The van der Waals surface area contributed by atoms with Crippen molar-refractivity contribution in [1.82, 2.24) is 4.90 Å². The van der Waals surface area contributed by atoms with Gasteiger partial charge in [0.2, 0.25) is 6.79 Å². The smallest absolute Gasteiger partial charge is 0.231 e. The molecule has 1 N–H and O–H groups in total. The van der Waals surface area contributed by atoms with Crippen LogP contribution < -0.4 is 14.2 Å². The molecule has 3 aromatic carbocycles. The molecule has 5 nitrogen and oxygen atoms in total. The molecular weight excluding hydrogens is 366 g/mol. The van der Waals surface area contributed by atoms with Gasteiger partial charge in [-0.1, -0.05) is 48.5 Å². The van der Waals surface area contributed by atoms with E-state index >= 15 is 0 Å². The minimum Gasteiger partial charge on any atom is -0.497 e. The molecule has 0 amide bonds. The third kappa shape index (κ3) is 4.88. The van der Waals surface area contributed by atoms with E-state index < -0.39 is 6.10 Å². The largest absolute Gasteiger partial charge is 0.497 e. The van der Waals surface area contributed by atoms with E-state index in [0.29, 0.717) is 19.6 Å². The Morgan fingerprint density at radius 2 is 1.66 bits per heavy atom. The van der Waals surface area contributed by atoms with Crippen molar-refractivity contribution in [3.8, 4) is 17.2 Å². The predicted molar refractivity (Wildman–Crippen MR) is 111 cm³/mol. The second-order valence-electron chi connectivity index (χ2n) is 7.14. The first-order valence-electron chi connectivity index (χ1n) is 9.68. The SMILES string of the molecule is COc1cccc(CN(Cc2ccc3c(c2)OCO3)C[C@@H](O)c2ccccc2)c1. The Hall–Kier alpha value is -3.02. The molecule has 0 spiro atoms. The quantitative estimate of drug-likeness (QED) is 0.625. The van der Waals surface area contributed by atoms with Crippen LogP contribution in [0.5, 0.6) is 17.2 Å². The fourth-order valence-corrected chi connectivity index (χ4v) is 3.54. The first-order chi connectivity index (χ1) is 14.2. The van der Waals surface area contributed by atoms with E-state index in [4.69, 9.17) is 14.2 Å². The van der Waals surface area contributed by atoms with E-state index in [9.17, 15) is 5.11 Å². The van der Waals surface area contributed by atoms with Crippen LogP contribution in [0.25, 0.3) is 0 Å². The number of hydrogen-bond donors (Lipinski definition) is 1. The molecule has 4 rings (SSSR count). The number of rotatable bonds is 8. The minimum absolute atomic E-state index is 0.263. The summed E-state index contributed by atoms with van der Waals surface area (Å²) in [5, 5.41) is 10.8. The van der Waals surface area contributed by atoms with Gasteiger partial charge in [0.1, 0.15) is 5.75 Å². The van der Waals surface area contributed by atoms with Crippen molar-refractivity contribution in [1.29, 1.82) is 0 Å². The number of hydrogen-bond acceptors (Lipinski definition) is 5. The topological polar surface area (TPSA) is 51.2 Å². The highest BCUT2D eigenvalue weighted by Crippen LogP contribution is 2.33. The summed E-state index contributed by atoms with van der Waals surface area (Å²) in [6, 6.07) is 23.8. The van der Waals surface area contributed by atoms with E-state index in [1.54, 1.807) is 7.11 Å². The maximum atomic E-state index is 10.8. The lowest BCUT2D eigenvalue weighted by atomic mass is 10.1. The van der Waals surface area contributed by atoms with Crippen LogP contribution in [0.2, 0.25) is 0 Å².